The maximum absolute atomic E-state index is 12.2. The predicted molar refractivity (Wildman–Crippen MR) is 95.8 cm³/mol. The lowest BCUT2D eigenvalue weighted by Gasteiger charge is -2.14. The number of imide groups is 2. The molecule has 2 aliphatic rings. The third kappa shape index (κ3) is 3.00. The Morgan fingerprint density at radius 1 is 0.667 bits per heavy atom. The monoisotopic (exact) mass is 408 g/mol. The number of nitrogens with zero attached hydrogens (tertiary/aromatic N) is 2. The van der Waals surface area contributed by atoms with Crippen LogP contribution in [-0.4, -0.2) is 58.7 Å². The molecule has 0 bridgehead atoms. The summed E-state index contributed by atoms with van der Waals surface area (Å²) in [5.74, 6) is -5.93. The molecule has 2 aromatic carbocycles. The number of ether oxygens (including phenoxy) is 1. The molecule has 0 spiro atoms. The van der Waals surface area contributed by atoms with E-state index in [0.717, 1.165) is 4.90 Å². The molecule has 30 heavy (non-hydrogen) atoms. The molecule has 2 aromatic rings. The van der Waals surface area contributed by atoms with Crippen molar-refractivity contribution in [2.24, 2.45) is 0 Å². The van der Waals surface area contributed by atoms with Gasteiger partial charge in [-0.15, -0.1) is 0 Å². The van der Waals surface area contributed by atoms with Crippen molar-refractivity contribution in [3.63, 3.8) is 0 Å². The van der Waals surface area contributed by atoms with Gasteiger partial charge >= 0.3 is 11.9 Å². The van der Waals surface area contributed by atoms with E-state index in [1.807, 2.05) is 0 Å². The van der Waals surface area contributed by atoms with Gasteiger partial charge in [0.25, 0.3) is 23.6 Å². The summed E-state index contributed by atoms with van der Waals surface area (Å²) in [6.45, 7) is -0.750. The van der Waals surface area contributed by atoms with Gasteiger partial charge in [0.05, 0.1) is 28.8 Å². The molecular weight excluding hydrogens is 396 g/mol. The zero-order chi connectivity index (χ0) is 21.4. The Bertz CT molecular complexity index is 1070. The first-order chi connectivity index (χ1) is 14.4. The van der Waals surface area contributed by atoms with E-state index >= 15 is 0 Å². The third-order valence-corrected chi connectivity index (χ3v) is 4.52. The summed E-state index contributed by atoms with van der Waals surface area (Å²) in [5, 5.41) is 0.179. The smallest absolute Gasteiger partial charge is 0.442 e. The molecule has 150 valence electrons. The van der Waals surface area contributed by atoms with E-state index in [0.29, 0.717) is 0 Å². The maximum atomic E-state index is 12.2. The van der Waals surface area contributed by atoms with Crippen LogP contribution >= 0.6 is 0 Å². The Kier molecular flexibility index (Phi) is 4.59. The van der Waals surface area contributed by atoms with Crippen LogP contribution in [-0.2, 0) is 19.2 Å². The Hall–Kier alpha value is -4.34. The van der Waals surface area contributed by atoms with E-state index in [-0.39, 0.29) is 33.9 Å². The molecule has 0 aromatic heterocycles. The van der Waals surface area contributed by atoms with Crippen LogP contribution in [0.1, 0.15) is 41.4 Å². The lowest BCUT2D eigenvalue weighted by atomic mass is 10.1. The average molecular weight is 408 g/mol. The number of hydroxylamine groups is 2. The van der Waals surface area contributed by atoms with E-state index in [1.165, 1.54) is 36.4 Å². The number of carbonyl (C=O) groups is 6. The summed E-state index contributed by atoms with van der Waals surface area (Å²) in [5.41, 5.74) is 0.543. The minimum atomic E-state index is -1.59. The standard InChI is InChI=1S/C20H12N2O8/c23-15-11-5-1-2-6-12(11)16(24)21(15)9-10-29-19(27)20(28)30-22-17(25)13-7-3-4-8-14(13)18(22)26/h1-8H,9-10H2. The second kappa shape index (κ2) is 7.24. The van der Waals surface area contributed by atoms with E-state index in [2.05, 4.69) is 4.84 Å². The SMILES string of the molecule is O=C(OCCN1C(=O)c2ccccc2C1=O)C(=O)ON1C(=O)c2ccccc2C1=O. The molecule has 0 fully saturated rings. The molecule has 10 heteroatoms. The second-order valence-corrected chi connectivity index (χ2v) is 6.27. The van der Waals surface area contributed by atoms with Gasteiger partial charge in [0.1, 0.15) is 6.61 Å². The molecule has 4 rings (SSSR count). The van der Waals surface area contributed by atoms with Crippen molar-refractivity contribution in [3.8, 4) is 0 Å². The molecule has 0 radical (unpaired) electrons. The van der Waals surface area contributed by atoms with Crippen LogP contribution in [0.5, 0.6) is 0 Å². The molecule has 0 saturated heterocycles. The minimum absolute atomic E-state index is 0.0364. The van der Waals surface area contributed by atoms with Crippen molar-refractivity contribution >= 4 is 35.6 Å². The van der Waals surface area contributed by atoms with Gasteiger partial charge in [-0.3, -0.25) is 24.1 Å². The van der Waals surface area contributed by atoms with Gasteiger partial charge in [-0.2, -0.15) is 0 Å². The van der Waals surface area contributed by atoms with E-state index < -0.39 is 42.2 Å². The quantitative estimate of drug-likeness (QED) is 0.408. The number of amides is 4. The van der Waals surface area contributed by atoms with Gasteiger partial charge in [0, 0.05) is 0 Å². The van der Waals surface area contributed by atoms with Crippen LogP contribution in [0.15, 0.2) is 48.5 Å². The largest absolute Gasteiger partial charge is 0.455 e. The first-order valence-electron chi connectivity index (χ1n) is 8.72. The fourth-order valence-electron chi connectivity index (χ4n) is 3.10. The van der Waals surface area contributed by atoms with Crippen molar-refractivity contribution in [1.82, 2.24) is 9.96 Å². The van der Waals surface area contributed by atoms with Crippen LogP contribution < -0.4 is 0 Å². The topological polar surface area (TPSA) is 127 Å². The Labute approximate surface area is 168 Å². The molecular formula is C20H12N2O8. The predicted octanol–water partition coefficient (Wildman–Crippen LogP) is 0.580. The molecule has 10 nitrogen and oxygen atoms in total. The van der Waals surface area contributed by atoms with E-state index in [9.17, 15) is 28.8 Å². The summed E-state index contributed by atoms with van der Waals surface area (Å²) < 4.78 is 4.71. The summed E-state index contributed by atoms with van der Waals surface area (Å²) in [7, 11) is 0. The number of rotatable bonds is 4. The molecule has 4 amide bonds. The maximum Gasteiger partial charge on any atom is 0.442 e. The zero-order valence-electron chi connectivity index (χ0n) is 15.2. The number of esters is 1. The number of carbonyl (C=O) groups excluding carboxylic acids is 6. The van der Waals surface area contributed by atoms with Gasteiger partial charge in [-0.1, -0.05) is 29.3 Å². The lowest BCUT2D eigenvalue weighted by molar-refractivity contribution is -0.183. The van der Waals surface area contributed by atoms with Crippen molar-refractivity contribution in [2.75, 3.05) is 13.2 Å². The molecule has 0 unspecified atom stereocenters. The van der Waals surface area contributed by atoms with E-state index in [1.54, 1.807) is 12.1 Å². The second-order valence-electron chi connectivity index (χ2n) is 6.27. The minimum Gasteiger partial charge on any atom is -0.455 e. The summed E-state index contributed by atoms with van der Waals surface area (Å²) in [6.07, 6.45) is 0. The number of benzene rings is 2. The van der Waals surface area contributed by atoms with Gasteiger partial charge in [0.15, 0.2) is 0 Å². The van der Waals surface area contributed by atoms with E-state index in [4.69, 9.17) is 4.74 Å². The van der Waals surface area contributed by atoms with Crippen molar-refractivity contribution in [1.29, 1.82) is 0 Å². The zero-order valence-corrected chi connectivity index (χ0v) is 15.2. The van der Waals surface area contributed by atoms with Crippen LogP contribution in [0.25, 0.3) is 0 Å². The molecule has 2 aliphatic heterocycles. The van der Waals surface area contributed by atoms with Gasteiger partial charge in [-0.25, -0.2) is 9.59 Å². The summed E-state index contributed by atoms with van der Waals surface area (Å²) in [6, 6.07) is 12.0. The molecule has 2 heterocycles. The molecule has 0 atom stereocenters. The molecule has 0 N–H and O–H groups in total. The first kappa shape index (κ1) is 19.0. The van der Waals surface area contributed by atoms with Gasteiger partial charge in [-0.05, 0) is 24.3 Å². The summed E-state index contributed by atoms with van der Waals surface area (Å²) >= 11 is 0. The number of fused-ring (bicyclic) bond motifs is 2. The summed E-state index contributed by atoms with van der Waals surface area (Å²) in [4.78, 5) is 77.9. The van der Waals surface area contributed by atoms with Crippen LogP contribution in [0, 0.1) is 0 Å². The Morgan fingerprint density at radius 2 is 1.10 bits per heavy atom. The lowest BCUT2D eigenvalue weighted by Crippen LogP contribution is -2.37. The van der Waals surface area contributed by atoms with Gasteiger partial charge in [0.2, 0.25) is 0 Å². The number of hydrogen-bond acceptors (Lipinski definition) is 8. The number of hydrogen-bond donors (Lipinski definition) is 0. The van der Waals surface area contributed by atoms with Gasteiger partial charge < -0.3 is 9.57 Å². The highest BCUT2D eigenvalue weighted by Crippen LogP contribution is 2.23. The molecule has 0 aliphatic carbocycles. The van der Waals surface area contributed by atoms with Crippen LogP contribution in [0.4, 0.5) is 0 Å². The third-order valence-electron chi connectivity index (χ3n) is 4.52. The highest BCUT2D eigenvalue weighted by atomic mass is 16.7. The fraction of sp³-hybridized carbons (Fsp3) is 0.100. The van der Waals surface area contributed by atoms with Crippen LogP contribution in [0.2, 0.25) is 0 Å². The van der Waals surface area contributed by atoms with Crippen molar-refractivity contribution in [2.45, 2.75) is 0 Å². The first-order valence-corrected chi connectivity index (χ1v) is 8.72. The Morgan fingerprint density at radius 3 is 1.57 bits per heavy atom. The molecule has 0 saturated carbocycles. The fourth-order valence-corrected chi connectivity index (χ4v) is 3.10. The van der Waals surface area contributed by atoms with Crippen molar-refractivity contribution in [3.05, 3.63) is 70.8 Å². The normalized spacial score (nSPS) is 14.7. The highest BCUT2D eigenvalue weighted by Gasteiger charge is 2.40. The van der Waals surface area contributed by atoms with Crippen LogP contribution in [0.3, 0.4) is 0 Å². The van der Waals surface area contributed by atoms with Crippen molar-refractivity contribution < 1.29 is 38.3 Å². The average Bonchev–Trinajstić information content (AvgIpc) is 3.14. The Balaban J connectivity index is 1.32. The highest BCUT2D eigenvalue weighted by molar-refractivity contribution is 6.31.